The van der Waals surface area contributed by atoms with Crippen LogP contribution in [0.15, 0.2) is 151 Å². The predicted molar refractivity (Wildman–Crippen MR) is 243 cm³/mol. The Kier molecular flexibility index (Phi) is 15.2. The highest BCUT2D eigenvalue weighted by Crippen LogP contribution is 2.64. The molecule has 1 fully saturated rings. The summed E-state index contributed by atoms with van der Waals surface area (Å²) in [6, 6.07) is 42.2. The Morgan fingerprint density at radius 1 is 0.908 bits per heavy atom. The highest BCUT2D eigenvalue weighted by molar-refractivity contribution is 8.54. The lowest BCUT2D eigenvalue weighted by Gasteiger charge is -2.37. The minimum atomic E-state index is -4.15. The fourth-order valence-corrected chi connectivity index (χ4v) is 10.7. The number of nitro groups is 1. The third kappa shape index (κ3) is 11.2. The largest absolute Gasteiger partial charge is 0.497 e. The van der Waals surface area contributed by atoms with E-state index in [2.05, 4.69) is 10.3 Å². The highest BCUT2D eigenvalue weighted by Gasteiger charge is 2.46. The number of aromatic nitrogens is 2. The van der Waals surface area contributed by atoms with Crippen molar-refractivity contribution < 1.29 is 42.3 Å². The SMILES string of the molecule is COc1ccc(C(OC[C@H]2O[C@@H](n3ccc(NC(=O)c4ccccc4)nc3=O)C[C@@H]2OP(=O)(OCCC#N)SCc2ccc([N+](=O)[O-])cc2)(c2ccccc2)c2ccc(OC)cc2)cc1. The molecule has 0 bridgehead atoms. The maximum atomic E-state index is 14.8. The minimum absolute atomic E-state index is 0.0236. The molecule has 18 heteroatoms. The zero-order valence-electron chi connectivity index (χ0n) is 35.3. The fraction of sp³-hybridized carbons (Fsp3) is 0.234. The maximum absolute atomic E-state index is 14.8. The van der Waals surface area contributed by atoms with E-state index in [-0.39, 0.29) is 43.3 Å². The van der Waals surface area contributed by atoms with Crippen LogP contribution in [0.4, 0.5) is 11.5 Å². The van der Waals surface area contributed by atoms with E-state index in [9.17, 15) is 29.5 Å². The number of benzene rings is 5. The average molecular weight is 918 g/mol. The van der Waals surface area contributed by atoms with Crippen LogP contribution >= 0.6 is 18.2 Å². The van der Waals surface area contributed by atoms with Crippen LogP contribution in [-0.4, -0.2) is 60.0 Å². The number of nitriles is 1. The van der Waals surface area contributed by atoms with Gasteiger partial charge in [-0.1, -0.05) is 84.9 Å². The molecule has 0 saturated carbocycles. The summed E-state index contributed by atoms with van der Waals surface area (Å²) in [6.07, 6.45) is -1.74. The van der Waals surface area contributed by atoms with E-state index in [0.717, 1.165) is 28.1 Å². The zero-order chi connectivity index (χ0) is 45.8. The van der Waals surface area contributed by atoms with Gasteiger partial charge in [-0.2, -0.15) is 10.2 Å². The van der Waals surface area contributed by atoms with Crippen LogP contribution in [0.1, 0.15) is 51.7 Å². The minimum Gasteiger partial charge on any atom is -0.497 e. The first-order chi connectivity index (χ1) is 31.5. The summed E-state index contributed by atoms with van der Waals surface area (Å²) < 4.78 is 53.1. The van der Waals surface area contributed by atoms with Crippen LogP contribution in [0.3, 0.4) is 0 Å². The second-order valence-electron chi connectivity index (χ2n) is 14.5. The van der Waals surface area contributed by atoms with Gasteiger partial charge in [0.15, 0.2) is 0 Å². The number of non-ortho nitro benzene ring substituents is 1. The molecule has 16 nitrogen and oxygen atoms in total. The molecule has 5 aromatic carbocycles. The lowest BCUT2D eigenvalue weighted by molar-refractivity contribution is -0.384. The second-order valence-corrected chi connectivity index (χ2v) is 18.6. The number of nitro benzene ring substituents is 1. The summed E-state index contributed by atoms with van der Waals surface area (Å²) in [6.45, 7) is -4.56. The monoisotopic (exact) mass is 917 g/mol. The van der Waals surface area contributed by atoms with Gasteiger partial charge in [-0.05, 0) is 76.1 Å². The van der Waals surface area contributed by atoms with E-state index in [1.54, 1.807) is 56.7 Å². The smallest absolute Gasteiger partial charge is 0.389 e. The molecule has 1 saturated heterocycles. The normalized spacial score (nSPS) is 16.8. The van der Waals surface area contributed by atoms with Crippen molar-refractivity contribution in [2.24, 2.45) is 0 Å². The van der Waals surface area contributed by atoms with Crippen LogP contribution < -0.4 is 20.5 Å². The number of anilines is 1. The van der Waals surface area contributed by atoms with Gasteiger partial charge in [-0.25, -0.2) is 9.36 Å². The number of rotatable bonds is 20. The number of carbonyl (C=O) groups excluding carboxylic acids is 1. The highest BCUT2D eigenvalue weighted by atomic mass is 32.7. The Morgan fingerprint density at radius 3 is 2.08 bits per heavy atom. The lowest BCUT2D eigenvalue weighted by atomic mass is 9.80. The molecule has 0 aliphatic carbocycles. The van der Waals surface area contributed by atoms with Gasteiger partial charge in [0.05, 0.1) is 44.8 Å². The number of nitrogens with zero attached hydrogens (tertiary/aromatic N) is 4. The molecule has 1 aliphatic rings. The maximum Gasteiger partial charge on any atom is 0.389 e. The van der Waals surface area contributed by atoms with Gasteiger partial charge in [0.2, 0.25) is 0 Å². The van der Waals surface area contributed by atoms with Crippen LogP contribution in [-0.2, 0) is 34.4 Å². The number of hydrogen-bond acceptors (Lipinski definition) is 14. The van der Waals surface area contributed by atoms with Gasteiger partial charge < -0.3 is 24.3 Å². The Bertz CT molecular complexity index is 2660. The molecule has 1 unspecified atom stereocenters. The van der Waals surface area contributed by atoms with Crippen LogP contribution in [0.5, 0.6) is 11.5 Å². The molecule has 7 rings (SSSR count). The topological polar surface area (TPSA) is 203 Å². The third-order valence-electron chi connectivity index (χ3n) is 10.5. The standard InChI is InChI=1S/C47H44N5O11PS/c1-58-39-22-16-36(17-23-39)47(35-12-7-4-8-13-35,37-18-24-40(59-2)25-19-37)60-31-42-41(63-64(57,61-29-9-27-48)65-32-33-14-20-38(21-15-33)52(55)56)30-44(62-42)51-28-26-43(50-46(51)54)49-45(53)34-10-5-3-6-11-34/h3-8,10-26,28,41-42,44H,9,29-32H2,1-2H3,(H,49,50,53,54)/t41-,42+,44+,64?/m0/s1. The summed E-state index contributed by atoms with van der Waals surface area (Å²) in [7, 11) is 3.16. The molecule has 2 heterocycles. The number of carbonyl (C=O) groups is 1. The summed E-state index contributed by atoms with van der Waals surface area (Å²) >= 11 is 0.848. The summed E-state index contributed by atoms with van der Waals surface area (Å²) in [5, 5.41) is 23.3. The van der Waals surface area contributed by atoms with Crippen molar-refractivity contribution in [2.75, 3.05) is 32.8 Å². The molecule has 1 N–H and O–H groups in total. The van der Waals surface area contributed by atoms with Crippen molar-refractivity contribution in [3.8, 4) is 17.6 Å². The van der Waals surface area contributed by atoms with Gasteiger partial charge in [-0.15, -0.1) is 0 Å². The van der Waals surface area contributed by atoms with E-state index in [0.29, 0.717) is 22.6 Å². The lowest BCUT2D eigenvalue weighted by Crippen LogP contribution is -2.38. The van der Waals surface area contributed by atoms with Crippen molar-refractivity contribution in [3.63, 3.8) is 0 Å². The predicted octanol–water partition coefficient (Wildman–Crippen LogP) is 9.07. The second kappa shape index (κ2) is 21.4. The summed E-state index contributed by atoms with van der Waals surface area (Å²) in [4.78, 5) is 41.5. The van der Waals surface area contributed by atoms with Crippen molar-refractivity contribution in [3.05, 3.63) is 194 Å². The molecular formula is C47H44N5O11PS. The molecule has 1 aliphatic heterocycles. The molecule has 334 valence electrons. The Hall–Kier alpha value is -6.64. The van der Waals surface area contributed by atoms with Crippen molar-refractivity contribution in [2.45, 2.75) is 42.6 Å². The Morgan fingerprint density at radius 2 is 1.51 bits per heavy atom. The van der Waals surface area contributed by atoms with Crippen molar-refractivity contribution >= 4 is 35.6 Å². The molecule has 4 atom stereocenters. The van der Waals surface area contributed by atoms with Gasteiger partial charge in [0.1, 0.15) is 41.4 Å². The summed E-state index contributed by atoms with van der Waals surface area (Å²) in [5.41, 5.74) is 1.09. The van der Waals surface area contributed by atoms with Crippen molar-refractivity contribution in [1.82, 2.24) is 9.55 Å². The Labute approximate surface area is 378 Å². The third-order valence-corrected chi connectivity index (χ3v) is 14.2. The zero-order valence-corrected chi connectivity index (χ0v) is 37.0. The van der Waals surface area contributed by atoms with Gasteiger partial charge >= 0.3 is 12.5 Å². The fourth-order valence-electron chi connectivity index (χ4n) is 7.23. The summed E-state index contributed by atoms with van der Waals surface area (Å²) in [5.74, 6) is 0.904. The molecule has 65 heavy (non-hydrogen) atoms. The first-order valence-corrected chi connectivity index (χ1v) is 23.4. The van der Waals surface area contributed by atoms with E-state index in [4.69, 9.17) is 28.0 Å². The quantitative estimate of drug-likeness (QED) is 0.0250. The molecule has 6 aromatic rings. The number of amides is 1. The van der Waals surface area contributed by atoms with Crippen LogP contribution in [0.25, 0.3) is 0 Å². The van der Waals surface area contributed by atoms with E-state index < -0.39 is 47.4 Å². The number of ether oxygens (including phenoxy) is 4. The molecule has 0 spiro atoms. The number of nitrogens with one attached hydrogen (secondary N) is 1. The molecule has 1 aromatic heterocycles. The van der Waals surface area contributed by atoms with Gasteiger partial charge in [-0.3, -0.25) is 28.5 Å². The first-order valence-electron chi connectivity index (χ1n) is 20.3. The van der Waals surface area contributed by atoms with Crippen LogP contribution in [0, 0.1) is 21.4 Å². The van der Waals surface area contributed by atoms with E-state index in [1.165, 1.54) is 29.0 Å². The Balaban J connectivity index is 1.25. The number of hydrogen-bond donors (Lipinski definition) is 1. The van der Waals surface area contributed by atoms with Gasteiger partial charge in [0.25, 0.3) is 11.6 Å². The molecule has 1 amide bonds. The first kappa shape index (κ1) is 46.4. The van der Waals surface area contributed by atoms with Crippen molar-refractivity contribution in [1.29, 1.82) is 5.26 Å². The number of methoxy groups -OCH3 is 2. The average Bonchev–Trinajstić information content (AvgIpc) is 3.73. The van der Waals surface area contributed by atoms with Gasteiger partial charge in [0, 0.05) is 36.1 Å². The van der Waals surface area contributed by atoms with Crippen LogP contribution in [0.2, 0.25) is 0 Å². The molecular weight excluding hydrogens is 874 g/mol. The molecule has 0 radical (unpaired) electrons. The van der Waals surface area contributed by atoms with E-state index >= 15 is 0 Å². The van der Waals surface area contributed by atoms with E-state index in [1.807, 2.05) is 84.9 Å².